The Morgan fingerprint density at radius 3 is 2.61 bits per heavy atom. The number of carbonyl (C=O) groups excluding carboxylic acids is 1. The van der Waals surface area contributed by atoms with Gasteiger partial charge in [0.05, 0.1) is 18.1 Å². The van der Waals surface area contributed by atoms with Crippen molar-refractivity contribution >= 4 is 16.9 Å². The molecule has 0 aliphatic heterocycles. The molecule has 2 N–H and O–H groups in total. The minimum Gasteiger partial charge on any atom is -0.504 e. The highest BCUT2D eigenvalue weighted by atomic mass is 16.5. The third-order valence-electron chi connectivity index (χ3n) is 3.09. The molecule has 0 saturated heterocycles. The average molecular weight is 320 g/mol. The summed E-state index contributed by atoms with van der Waals surface area (Å²) in [6.45, 7) is 3.73. The summed E-state index contributed by atoms with van der Waals surface area (Å²) < 4.78 is 14.8. The van der Waals surface area contributed by atoms with Gasteiger partial charge in [-0.25, -0.2) is 9.59 Å². The maximum absolute atomic E-state index is 11.9. The van der Waals surface area contributed by atoms with Crippen molar-refractivity contribution in [1.29, 1.82) is 0 Å². The van der Waals surface area contributed by atoms with Gasteiger partial charge in [0.15, 0.2) is 17.1 Å². The number of rotatable bonds is 4. The minimum absolute atomic E-state index is 0.0402. The third kappa shape index (κ3) is 3.13. The predicted molar refractivity (Wildman–Crippen MR) is 82.1 cm³/mol. The Morgan fingerprint density at radius 1 is 1.30 bits per heavy atom. The molecule has 0 bridgehead atoms. The molecule has 0 aliphatic carbocycles. The number of benzene rings is 1. The van der Waals surface area contributed by atoms with Gasteiger partial charge in [-0.15, -0.1) is 0 Å². The zero-order valence-electron chi connectivity index (χ0n) is 12.9. The van der Waals surface area contributed by atoms with E-state index in [-0.39, 0.29) is 23.1 Å². The SMILES string of the molecule is COC(=O)c1ccc(O)c2oc(=O)c(OCC=C(C)C)c(O)c12. The molecule has 0 amide bonds. The number of esters is 1. The van der Waals surface area contributed by atoms with Crippen molar-refractivity contribution in [3.63, 3.8) is 0 Å². The van der Waals surface area contributed by atoms with E-state index in [2.05, 4.69) is 4.74 Å². The van der Waals surface area contributed by atoms with Gasteiger partial charge in [0.2, 0.25) is 5.75 Å². The van der Waals surface area contributed by atoms with E-state index in [4.69, 9.17) is 9.15 Å². The summed E-state index contributed by atoms with van der Waals surface area (Å²) in [6.07, 6.45) is 1.70. The van der Waals surface area contributed by atoms with E-state index < -0.39 is 28.8 Å². The Morgan fingerprint density at radius 2 is 2.00 bits per heavy atom. The molecule has 0 aliphatic rings. The number of phenolic OH excluding ortho intramolecular Hbond substituents is 1. The first kappa shape index (κ1) is 16.4. The summed E-state index contributed by atoms with van der Waals surface area (Å²) in [5.74, 6) is -2.18. The fourth-order valence-electron chi connectivity index (χ4n) is 1.96. The van der Waals surface area contributed by atoms with Crippen LogP contribution in [-0.4, -0.2) is 29.9 Å². The van der Waals surface area contributed by atoms with Crippen molar-refractivity contribution in [3.8, 4) is 17.2 Å². The number of phenols is 1. The summed E-state index contributed by atoms with van der Waals surface area (Å²) in [5.41, 5.74) is -0.379. The molecule has 23 heavy (non-hydrogen) atoms. The largest absolute Gasteiger partial charge is 0.504 e. The molecule has 0 radical (unpaired) electrons. The smallest absolute Gasteiger partial charge is 0.383 e. The Kier molecular flexibility index (Phi) is 4.59. The molecule has 0 atom stereocenters. The van der Waals surface area contributed by atoms with Crippen molar-refractivity contribution < 1.29 is 28.9 Å². The lowest BCUT2D eigenvalue weighted by Crippen LogP contribution is -2.09. The lowest BCUT2D eigenvalue weighted by molar-refractivity contribution is 0.0602. The van der Waals surface area contributed by atoms with Crippen molar-refractivity contribution in [2.75, 3.05) is 13.7 Å². The summed E-state index contributed by atoms with van der Waals surface area (Å²) in [6, 6.07) is 2.42. The summed E-state index contributed by atoms with van der Waals surface area (Å²) in [4.78, 5) is 23.7. The van der Waals surface area contributed by atoms with Gasteiger partial charge >= 0.3 is 11.6 Å². The van der Waals surface area contributed by atoms with E-state index in [1.54, 1.807) is 6.08 Å². The fraction of sp³-hybridized carbons (Fsp3) is 0.250. The number of methoxy groups -OCH3 is 1. The van der Waals surface area contributed by atoms with Gasteiger partial charge in [0.1, 0.15) is 6.61 Å². The van der Waals surface area contributed by atoms with Crippen LogP contribution in [0.4, 0.5) is 0 Å². The Balaban J connectivity index is 2.70. The van der Waals surface area contributed by atoms with Crippen molar-refractivity contribution in [3.05, 3.63) is 39.8 Å². The molecular formula is C16H16O7. The molecule has 1 heterocycles. The number of hydrogen-bond donors (Lipinski definition) is 2. The van der Waals surface area contributed by atoms with E-state index in [0.717, 1.165) is 5.57 Å². The van der Waals surface area contributed by atoms with Crippen molar-refractivity contribution in [2.24, 2.45) is 0 Å². The van der Waals surface area contributed by atoms with Crippen molar-refractivity contribution in [1.82, 2.24) is 0 Å². The van der Waals surface area contributed by atoms with E-state index in [9.17, 15) is 19.8 Å². The molecule has 0 spiro atoms. The quantitative estimate of drug-likeness (QED) is 0.506. The molecule has 1 aromatic heterocycles. The number of carbonyl (C=O) groups is 1. The van der Waals surface area contributed by atoms with Crippen LogP contribution in [-0.2, 0) is 4.74 Å². The highest BCUT2D eigenvalue weighted by Crippen LogP contribution is 2.38. The monoisotopic (exact) mass is 320 g/mol. The summed E-state index contributed by atoms with van der Waals surface area (Å²) in [5, 5.41) is 20.0. The molecule has 0 unspecified atom stereocenters. The van der Waals surface area contributed by atoms with Crippen LogP contribution in [0.3, 0.4) is 0 Å². The maximum atomic E-state index is 11.9. The fourth-order valence-corrected chi connectivity index (χ4v) is 1.96. The van der Waals surface area contributed by atoms with E-state index in [0.29, 0.717) is 0 Å². The Bertz CT molecular complexity index is 842. The first-order valence-corrected chi connectivity index (χ1v) is 6.73. The van der Waals surface area contributed by atoms with Crippen LogP contribution in [0, 0.1) is 0 Å². The van der Waals surface area contributed by atoms with Crippen LogP contribution in [0.15, 0.2) is 33.0 Å². The second-order valence-electron chi connectivity index (χ2n) is 4.99. The van der Waals surface area contributed by atoms with Crippen LogP contribution in [0.5, 0.6) is 17.2 Å². The molecule has 2 rings (SSSR count). The maximum Gasteiger partial charge on any atom is 0.383 e. The van der Waals surface area contributed by atoms with Crippen LogP contribution in [0.2, 0.25) is 0 Å². The Hall–Kier alpha value is -2.96. The van der Waals surface area contributed by atoms with Gasteiger partial charge in [0, 0.05) is 0 Å². The zero-order valence-corrected chi connectivity index (χ0v) is 12.9. The van der Waals surface area contributed by atoms with Gasteiger partial charge in [0.25, 0.3) is 0 Å². The van der Waals surface area contributed by atoms with Crippen molar-refractivity contribution in [2.45, 2.75) is 13.8 Å². The molecule has 0 saturated carbocycles. The minimum atomic E-state index is -0.963. The predicted octanol–water partition coefficient (Wildman–Crippen LogP) is 2.34. The van der Waals surface area contributed by atoms with Crippen LogP contribution in [0.1, 0.15) is 24.2 Å². The van der Waals surface area contributed by atoms with Crippen LogP contribution >= 0.6 is 0 Å². The first-order valence-electron chi connectivity index (χ1n) is 6.73. The normalized spacial score (nSPS) is 10.4. The molecule has 0 fully saturated rings. The highest BCUT2D eigenvalue weighted by molar-refractivity contribution is 6.07. The van der Waals surface area contributed by atoms with E-state index in [1.165, 1.54) is 19.2 Å². The molecular weight excluding hydrogens is 304 g/mol. The molecule has 1 aromatic carbocycles. The number of ether oxygens (including phenoxy) is 2. The van der Waals surface area contributed by atoms with Crippen LogP contribution < -0.4 is 10.4 Å². The highest BCUT2D eigenvalue weighted by Gasteiger charge is 2.23. The Labute approximate surface area is 131 Å². The van der Waals surface area contributed by atoms with Gasteiger partial charge in [-0.05, 0) is 32.1 Å². The topological polar surface area (TPSA) is 106 Å². The van der Waals surface area contributed by atoms with Crippen LogP contribution in [0.25, 0.3) is 11.0 Å². The molecule has 7 heteroatoms. The lowest BCUT2D eigenvalue weighted by Gasteiger charge is -2.10. The summed E-state index contributed by atoms with van der Waals surface area (Å²) in [7, 11) is 1.17. The lowest BCUT2D eigenvalue weighted by atomic mass is 10.1. The first-order chi connectivity index (χ1) is 10.9. The van der Waals surface area contributed by atoms with Gasteiger partial charge < -0.3 is 24.1 Å². The zero-order chi connectivity index (χ0) is 17.1. The third-order valence-corrected chi connectivity index (χ3v) is 3.09. The second kappa shape index (κ2) is 6.43. The van der Waals surface area contributed by atoms with E-state index >= 15 is 0 Å². The number of allylic oxidation sites excluding steroid dienone is 1. The standard InChI is InChI=1S/C16H16O7/c1-8(2)6-7-22-14-12(18)11-9(15(19)21-3)4-5-10(17)13(11)23-16(14)20/h4-6,17-18H,7H2,1-3H3. The van der Waals surface area contributed by atoms with Gasteiger partial charge in [-0.1, -0.05) is 5.57 Å². The average Bonchev–Trinajstić information content (AvgIpc) is 2.50. The number of fused-ring (bicyclic) bond motifs is 1. The summed E-state index contributed by atoms with van der Waals surface area (Å²) >= 11 is 0. The molecule has 122 valence electrons. The van der Waals surface area contributed by atoms with Gasteiger partial charge in [-0.2, -0.15) is 0 Å². The molecule has 2 aromatic rings. The molecule has 7 nitrogen and oxygen atoms in total. The second-order valence-corrected chi connectivity index (χ2v) is 4.99. The van der Waals surface area contributed by atoms with Gasteiger partial charge in [-0.3, -0.25) is 0 Å². The number of hydrogen-bond acceptors (Lipinski definition) is 7. The number of aromatic hydroxyl groups is 2. The van der Waals surface area contributed by atoms with E-state index in [1.807, 2.05) is 13.8 Å².